The Labute approximate surface area is 169 Å². The van der Waals surface area contributed by atoms with Gasteiger partial charge in [0.1, 0.15) is 11.5 Å². The number of rotatable bonds is 3. The quantitative estimate of drug-likeness (QED) is 0.747. The van der Waals surface area contributed by atoms with E-state index in [9.17, 15) is 22.4 Å². The smallest absolute Gasteiger partial charge is 0.468 e. The first-order valence-corrected chi connectivity index (χ1v) is 9.32. The van der Waals surface area contributed by atoms with Crippen LogP contribution in [0.2, 0.25) is 0 Å². The molecule has 30 heavy (non-hydrogen) atoms. The van der Waals surface area contributed by atoms with Crippen LogP contribution in [-0.2, 0) is 17.4 Å². The van der Waals surface area contributed by atoms with Gasteiger partial charge in [0.05, 0.1) is 18.4 Å². The van der Waals surface area contributed by atoms with Gasteiger partial charge in [-0.05, 0) is 36.8 Å². The molecule has 1 N–H and O–H groups in total. The van der Waals surface area contributed by atoms with Gasteiger partial charge in [-0.1, -0.05) is 0 Å². The summed E-state index contributed by atoms with van der Waals surface area (Å²) in [6.45, 7) is 2.95. The summed E-state index contributed by atoms with van der Waals surface area (Å²) in [5.74, 6) is 0.121. The molecule has 2 aliphatic rings. The van der Waals surface area contributed by atoms with Crippen molar-refractivity contribution in [3.63, 3.8) is 0 Å². The number of anilines is 1. The summed E-state index contributed by atoms with van der Waals surface area (Å²) >= 11 is 0. The Morgan fingerprint density at radius 3 is 2.70 bits per heavy atom. The van der Waals surface area contributed by atoms with Crippen molar-refractivity contribution in [2.75, 3.05) is 31.5 Å². The number of ether oxygens (including phenoxy) is 2. The lowest BCUT2D eigenvalue weighted by Gasteiger charge is -2.30. The van der Waals surface area contributed by atoms with E-state index in [1.807, 2.05) is 12.1 Å². The minimum Gasteiger partial charge on any atom is -0.468 e. The fraction of sp³-hybridized carbons (Fsp3) is 0.421. The number of amides is 2. The summed E-state index contributed by atoms with van der Waals surface area (Å²) in [7, 11) is 0. The lowest BCUT2D eigenvalue weighted by atomic mass is 10.1. The third-order valence-corrected chi connectivity index (χ3v) is 4.86. The fourth-order valence-corrected chi connectivity index (χ4v) is 3.43. The Balaban J connectivity index is 1.39. The topological polar surface area (TPSA) is 67.2 Å². The highest BCUT2D eigenvalue weighted by Crippen LogP contribution is 2.46. The van der Waals surface area contributed by atoms with Gasteiger partial charge in [0.15, 0.2) is 0 Å². The molecule has 0 radical (unpaired) electrons. The minimum atomic E-state index is -4.44. The molecule has 3 heterocycles. The number of fused-ring (bicyclic) bond motifs is 1. The molecule has 0 atom stereocenters. The predicted octanol–water partition coefficient (Wildman–Crippen LogP) is 4.03. The second kappa shape index (κ2) is 7.80. The Morgan fingerprint density at radius 1 is 1.10 bits per heavy atom. The predicted molar refractivity (Wildman–Crippen MR) is 96.2 cm³/mol. The number of hydrogen-bond donors (Lipinski definition) is 1. The number of carbonyl (C=O) groups excluding carboxylic acids is 1. The average Bonchev–Trinajstić information content (AvgIpc) is 3.05. The third-order valence-electron chi connectivity index (χ3n) is 4.86. The van der Waals surface area contributed by atoms with Crippen molar-refractivity contribution in [2.24, 2.45) is 0 Å². The van der Waals surface area contributed by atoms with Gasteiger partial charge in [0, 0.05) is 31.9 Å². The highest BCUT2D eigenvalue weighted by Gasteiger charge is 2.54. The van der Waals surface area contributed by atoms with E-state index < -0.39 is 29.7 Å². The molecule has 11 heteroatoms. The summed E-state index contributed by atoms with van der Waals surface area (Å²) in [4.78, 5) is 16.3. The van der Waals surface area contributed by atoms with E-state index in [1.54, 1.807) is 11.2 Å². The van der Waals surface area contributed by atoms with Crippen LogP contribution in [0, 0.1) is 0 Å². The highest BCUT2D eigenvalue weighted by atomic mass is 19.3. The number of hydrogen-bond acceptors (Lipinski definition) is 5. The number of urea groups is 1. The van der Waals surface area contributed by atoms with Crippen LogP contribution in [0.4, 0.5) is 28.0 Å². The van der Waals surface area contributed by atoms with Crippen LogP contribution in [-0.4, -0.2) is 48.3 Å². The number of halogens is 4. The molecule has 1 saturated heterocycles. The molecule has 2 amide bonds. The third kappa shape index (κ3) is 4.51. The van der Waals surface area contributed by atoms with Gasteiger partial charge in [0.25, 0.3) is 0 Å². The molecule has 4 rings (SSSR count). The van der Waals surface area contributed by atoms with Crippen LogP contribution in [0.15, 0.2) is 41.0 Å². The zero-order chi connectivity index (χ0) is 21.4. The van der Waals surface area contributed by atoms with Gasteiger partial charge in [-0.2, -0.15) is 8.78 Å². The second-order valence-corrected chi connectivity index (χ2v) is 7.02. The summed E-state index contributed by atoms with van der Waals surface area (Å²) in [6.07, 6.45) is -6.36. The first-order valence-electron chi connectivity index (χ1n) is 9.32. The van der Waals surface area contributed by atoms with Crippen LogP contribution in [0.1, 0.15) is 17.7 Å². The van der Waals surface area contributed by atoms with Crippen molar-refractivity contribution in [1.29, 1.82) is 0 Å². The first-order chi connectivity index (χ1) is 14.2. The van der Waals surface area contributed by atoms with Crippen molar-refractivity contribution in [3.8, 4) is 5.75 Å². The number of benzene rings is 1. The Hall–Kier alpha value is -2.79. The maximum atomic E-state index is 13.9. The second-order valence-electron chi connectivity index (χ2n) is 7.02. The summed E-state index contributed by atoms with van der Waals surface area (Å²) in [5.41, 5.74) is -0.862. The molecule has 7 nitrogen and oxygen atoms in total. The van der Waals surface area contributed by atoms with Crippen molar-refractivity contribution in [1.82, 2.24) is 9.80 Å². The van der Waals surface area contributed by atoms with Gasteiger partial charge in [-0.15, -0.1) is 8.78 Å². The molecule has 2 aromatic rings. The van der Waals surface area contributed by atoms with Gasteiger partial charge in [-0.3, -0.25) is 4.90 Å². The molecule has 0 bridgehead atoms. The number of furan rings is 1. The molecule has 1 fully saturated rings. The number of carbonyl (C=O) groups is 1. The van der Waals surface area contributed by atoms with E-state index in [1.165, 1.54) is 6.07 Å². The molecule has 0 spiro atoms. The van der Waals surface area contributed by atoms with E-state index in [2.05, 4.69) is 19.7 Å². The molecular weight excluding hydrogens is 410 g/mol. The Bertz CT molecular complexity index is 907. The Kier molecular flexibility index (Phi) is 5.33. The van der Waals surface area contributed by atoms with Crippen molar-refractivity contribution in [3.05, 3.63) is 47.9 Å². The van der Waals surface area contributed by atoms with Crippen LogP contribution in [0.25, 0.3) is 0 Å². The number of nitrogens with one attached hydrogen (secondary N) is 1. The van der Waals surface area contributed by atoms with Crippen LogP contribution < -0.4 is 10.1 Å². The highest BCUT2D eigenvalue weighted by molar-refractivity contribution is 5.89. The average molecular weight is 429 g/mol. The van der Waals surface area contributed by atoms with Crippen LogP contribution in [0.5, 0.6) is 5.75 Å². The standard InChI is InChI=1S/C19H19F4N3O4/c20-18(21)15-11-13(4-5-16(15)29-19(22,23)30-18)24-17(27)26-7-2-6-25(8-9-26)12-14-3-1-10-28-14/h1,3-5,10-11H,2,6-9,12H2,(H,24,27). The largest absolute Gasteiger partial charge is 0.540 e. The summed E-state index contributed by atoms with van der Waals surface area (Å²) < 4.78 is 66.9. The van der Waals surface area contributed by atoms with E-state index >= 15 is 0 Å². The lowest BCUT2D eigenvalue weighted by Crippen LogP contribution is -2.41. The Morgan fingerprint density at radius 2 is 1.93 bits per heavy atom. The maximum absolute atomic E-state index is 13.9. The van der Waals surface area contributed by atoms with E-state index in [4.69, 9.17) is 4.42 Å². The normalized spacial score (nSPS) is 20.7. The van der Waals surface area contributed by atoms with E-state index in [0.717, 1.165) is 30.9 Å². The zero-order valence-corrected chi connectivity index (χ0v) is 15.7. The van der Waals surface area contributed by atoms with Gasteiger partial charge < -0.3 is 19.4 Å². The van der Waals surface area contributed by atoms with Gasteiger partial charge in [0.2, 0.25) is 0 Å². The molecule has 0 unspecified atom stereocenters. The monoisotopic (exact) mass is 429 g/mol. The molecule has 0 saturated carbocycles. The minimum absolute atomic E-state index is 0.0209. The van der Waals surface area contributed by atoms with Crippen LogP contribution >= 0.6 is 0 Å². The fourth-order valence-electron chi connectivity index (χ4n) is 3.43. The molecule has 1 aromatic carbocycles. The number of alkyl halides is 4. The molecule has 1 aromatic heterocycles. The van der Waals surface area contributed by atoms with Crippen molar-refractivity contribution in [2.45, 2.75) is 25.4 Å². The molecule has 0 aliphatic carbocycles. The van der Waals surface area contributed by atoms with Crippen molar-refractivity contribution < 1.29 is 36.2 Å². The van der Waals surface area contributed by atoms with Crippen molar-refractivity contribution >= 4 is 11.7 Å². The number of nitrogens with zero attached hydrogens (tertiary/aromatic N) is 2. The summed E-state index contributed by atoms with van der Waals surface area (Å²) in [6, 6.07) is 6.25. The van der Waals surface area contributed by atoms with Crippen LogP contribution in [0.3, 0.4) is 0 Å². The maximum Gasteiger partial charge on any atom is 0.540 e. The molecule has 162 valence electrons. The lowest BCUT2D eigenvalue weighted by molar-refractivity contribution is -0.461. The first kappa shape index (κ1) is 20.5. The van der Waals surface area contributed by atoms with E-state index in [-0.39, 0.29) is 5.69 Å². The van der Waals surface area contributed by atoms with Gasteiger partial charge >= 0.3 is 18.4 Å². The SMILES string of the molecule is O=C(Nc1ccc2c(c1)C(F)(F)OC(F)(F)O2)N1CCCN(Cc2ccco2)CC1. The zero-order valence-electron chi connectivity index (χ0n) is 15.7. The van der Waals surface area contributed by atoms with E-state index in [0.29, 0.717) is 26.2 Å². The molecular formula is C19H19F4N3O4. The molecule has 2 aliphatic heterocycles. The van der Waals surface area contributed by atoms with Gasteiger partial charge in [-0.25, -0.2) is 9.53 Å². The summed E-state index contributed by atoms with van der Waals surface area (Å²) in [5, 5.41) is 2.53.